The van der Waals surface area contributed by atoms with Gasteiger partial charge >= 0.3 is 0 Å². The summed E-state index contributed by atoms with van der Waals surface area (Å²) in [5.41, 5.74) is 9.01. The Balaban J connectivity index is 1.91. The van der Waals surface area contributed by atoms with E-state index in [2.05, 4.69) is 36.0 Å². The molecular formula is C23H21N5OS2. The van der Waals surface area contributed by atoms with Crippen LogP contribution in [0.3, 0.4) is 0 Å². The van der Waals surface area contributed by atoms with Crippen molar-refractivity contribution in [2.45, 2.75) is 36.9 Å². The Morgan fingerprint density at radius 2 is 2.06 bits per heavy atom. The van der Waals surface area contributed by atoms with Gasteiger partial charge < -0.3 is 5.73 Å². The molecule has 2 aromatic rings. The number of hydrogen-bond acceptors (Lipinski definition) is 8. The number of allylic oxidation sites excluding steroid dienone is 3. The number of terminal acetylenes is 1. The summed E-state index contributed by atoms with van der Waals surface area (Å²) in [5.74, 6) is 2.91. The van der Waals surface area contributed by atoms with Crippen LogP contribution in [0.25, 0.3) is 0 Å². The molecule has 1 aromatic carbocycles. The molecule has 1 unspecified atom stereocenters. The number of benzene rings is 1. The lowest BCUT2D eigenvalue weighted by Crippen LogP contribution is -2.42. The second kappa shape index (κ2) is 8.22. The van der Waals surface area contributed by atoms with Gasteiger partial charge in [0.15, 0.2) is 10.1 Å². The molecule has 156 valence electrons. The van der Waals surface area contributed by atoms with Gasteiger partial charge in [-0.1, -0.05) is 73.2 Å². The Morgan fingerprint density at radius 3 is 2.74 bits per heavy atom. The van der Waals surface area contributed by atoms with E-state index in [0.717, 1.165) is 11.3 Å². The SMILES string of the molecule is C#CCSc1nnc(N2C(N)=C(C#N)C(c3ccccc3)C3=C2CC(C)(C)CC3=O)s1. The van der Waals surface area contributed by atoms with Crippen molar-refractivity contribution in [3.8, 4) is 18.4 Å². The molecule has 6 nitrogen and oxygen atoms in total. The lowest BCUT2D eigenvalue weighted by molar-refractivity contribution is -0.118. The topological polar surface area (TPSA) is 95.9 Å². The minimum Gasteiger partial charge on any atom is -0.384 e. The van der Waals surface area contributed by atoms with Gasteiger partial charge in [-0.3, -0.25) is 9.69 Å². The Morgan fingerprint density at radius 1 is 1.32 bits per heavy atom. The van der Waals surface area contributed by atoms with E-state index in [1.165, 1.54) is 23.1 Å². The van der Waals surface area contributed by atoms with E-state index in [9.17, 15) is 10.1 Å². The summed E-state index contributed by atoms with van der Waals surface area (Å²) in [5, 5.41) is 19.1. The number of thioether (sulfide) groups is 1. The van der Waals surface area contributed by atoms with Crippen molar-refractivity contribution in [1.29, 1.82) is 5.26 Å². The number of ketones is 1. The van der Waals surface area contributed by atoms with E-state index in [1.807, 2.05) is 30.3 Å². The van der Waals surface area contributed by atoms with Crippen molar-refractivity contribution < 1.29 is 4.79 Å². The standard InChI is InChI=1S/C23H21N5OS2/c1-4-10-30-22-27-26-21(31-22)28-16-11-23(2,3)12-17(29)19(16)18(15(13-24)20(28)25)14-8-6-5-7-9-14/h1,5-9,18H,10-12,25H2,2-3H3. The van der Waals surface area contributed by atoms with Gasteiger partial charge in [0.05, 0.1) is 23.3 Å². The summed E-state index contributed by atoms with van der Waals surface area (Å²) in [6, 6.07) is 11.9. The van der Waals surface area contributed by atoms with Gasteiger partial charge in [-0.05, 0) is 17.4 Å². The van der Waals surface area contributed by atoms with E-state index in [-0.39, 0.29) is 11.2 Å². The highest BCUT2D eigenvalue weighted by atomic mass is 32.2. The van der Waals surface area contributed by atoms with E-state index in [1.54, 1.807) is 4.90 Å². The minimum atomic E-state index is -0.482. The van der Waals surface area contributed by atoms with Gasteiger partial charge in [-0.25, -0.2) is 0 Å². The molecular weight excluding hydrogens is 426 g/mol. The largest absolute Gasteiger partial charge is 0.384 e. The zero-order chi connectivity index (χ0) is 22.2. The lowest BCUT2D eigenvalue weighted by Gasteiger charge is -2.42. The number of carbonyl (C=O) groups is 1. The van der Waals surface area contributed by atoms with E-state index >= 15 is 0 Å². The lowest BCUT2D eigenvalue weighted by atomic mass is 9.69. The fourth-order valence-corrected chi connectivity index (χ4v) is 5.72. The number of nitriles is 1. The number of nitrogens with zero attached hydrogens (tertiary/aromatic N) is 4. The van der Waals surface area contributed by atoms with Crippen LogP contribution in [0.1, 0.15) is 38.2 Å². The first kappa shape index (κ1) is 21.2. The molecule has 31 heavy (non-hydrogen) atoms. The molecule has 0 radical (unpaired) electrons. The highest BCUT2D eigenvalue weighted by Crippen LogP contribution is 2.50. The maximum atomic E-state index is 13.4. The first-order valence-corrected chi connectivity index (χ1v) is 11.6. The van der Waals surface area contributed by atoms with Crippen LogP contribution in [0.5, 0.6) is 0 Å². The molecule has 1 aliphatic carbocycles. The number of carbonyl (C=O) groups excluding carboxylic acids is 1. The molecule has 0 bridgehead atoms. The third kappa shape index (κ3) is 3.85. The van der Waals surface area contributed by atoms with E-state index in [0.29, 0.717) is 45.0 Å². The predicted molar refractivity (Wildman–Crippen MR) is 123 cm³/mol. The van der Waals surface area contributed by atoms with Crippen molar-refractivity contribution in [3.05, 3.63) is 58.6 Å². The quantitative estimate of drug-likeness (QED) is 0.554. The van der Waals surface area contributed by atoms with Crippen LogP contribution in [-0.4, -0.2) is 21.7 Å². The third-order valence-corrected chi connectivity index (χ3v) is 7.33. The van der Waals surface area contributed by atoms with Gasteiger partial charge in [0.25, 0.3) is 0 Å². The van der Waals surface area contributed by atoms with Gasteiger partial charge in [0.2, 0.25) is 5.13 Å². The second-order valence-electron chi connectivity index (χ2n) is 8.23. The number of aromatic nitrogens is 2. The number of hydrogen-bond donors (Lipinski definition) is 1. The molecule has 4 rings (SSSR count). The van der Waals surface area contributed by atoms with Crippen molar-refractivity contribution in [2.24, 2.45) is 11.1 Å². The maximum Gasteiger partial charge on any atom is 0.219 e. The van der Waals surface area contributed by atoms with Gasteiger partial charge in [-0.2, -0.15) is 5.26 Å². The summed E-state index contributed by atoms with van der Waals surface area (Å²) in [6.45, 7) is 4.14. The maximum absolute atomic E-state index is 13.4. The summed E-state index contributed by atoms with van der Waals surface area (Å²) < 4.78 is 0.716. The summed E-state index contributed by atoms with van der Waals surface area (Å²) in [7, 11) is 0. The highest BCUT2D eigenvalue weighted by Gasteiger charge is 2.45. The van der Waals surface area contributed by atoms with Crippen LogP contribution in [0.2, 0.25) is 0 Å². The van der Waals surface area contributed by atoms with E-state index < -0.39 is 5.92 Å². The number of rotatable bonds is 4. The number of Topliss-reactive ketones (excluding diaryl/α,β-unsaturated/α-hetero) is 1. The molecule has 2 N–H and O–H groups in total. The van der Waals surface area contributed by atoms with Crippen LogP contribution in [0.4, 0.5) is 5.13 Å². The highest BCUT2D eigenvalue weighted by molar-refractivity contribution is 8.01. The fourth-order valence-electron chi connectivity index (χ4n) is 4.16. The van der Waals surface area contributed by atoms with Crippen LogP contribution >= 0.6 is 23.1 Å². The van der Waals surface area contributed by atoms with Crippen molar-refractivity contribution in [2.75, 3.05) is 10.7 Å². The zero-order valence-corrected chi connectivity index (χ0v) is 18.9. The number of nitrogens with two attached hydrogens (primary N) is 1. The zero-order valence-electron chi connectivity index (χ0n) is 17.3. The second-order valence-corrected chi connectivity index (χ2v) is 10.4. The van der Waals surface area contributed by atoms with Gasteiger partial charge in [0.1, 0.15) is 5.82 Å². The molecule has 0 amide bonds. The first-order chi connectivity index (χ1) is 14.9. The molecule has 0 fully saturated rings. The third-order valence-electron chi connectivity index (χ3n) is 5.38. The van der Waals surface area contributed by atoms with Gasteiger partial charge in [-0.15, -0.1) is 16.6 Å². The first-order valence-electron chi connectivity index (χ1n) is 9.77. The molecule has 0 spiro atoms. The molecule has 1 aromatic heterocycles. The van der Waals surface area contributed by atoms with Crippen LogP contribution in [0, 0.1) is 29.1 Å². The molecule has 1 atom stereocenters. The average Bonchev–Trinajstić information content (AvgIpc) is 3.19. The molecule has 0 saturated heterocycles. The summed E-state index contributed by atoms with van der Waals surface area (Å²) >= 11 is 2.77. The average molecular weight is 448 g/mol. The summed E-state index contributed by atoms with van der Waals surface area (Å²) in [4.78, 5) is 15.2. The predicted octanol–water partition coefficient (Wildman–Crippen LogP) is 4.20. The van der Waals surface area contributed by atoms with Crippen LogP contribution < -0.4 is 10.6 Å². The van der Waals surface area contributed by atoms with Crippen molar-refractivity contribution >= 4 is 34.0 Å². The van der Waals surface area contributed by atoms with Crippen LogP contribution in [0.15, 0.2) is 57.3 Å². The molecule has 0 saturated carbocycles. The molecule has 2 heterocycles. The van der Waals surface area contributed by atoms with Crippen molar-refractivity contribution in [3.63, 3.8) is 0 Å². The van der Waals surface area contributed by atoms with Gasteiger partial charge in [0, 0.05) is 17.7 Å². The molecule has 2 aliphatic rings. The van der Waals surface area contributed by atoms with Crippen molar-refractivity contribution in [1.82, 2.24) is 10.2 Å². The Labute approximate surface area is 189 Å². The van der Waals surface area contributed by atoms with E-state index in [4.69, 9.17) is 12.2 Å². The fraction of sp³-hybridized carbons (Fsp3) is 0.304. The molecule has 1 aliphatic heterocycles. The Hall–Kier alpha value is -3.07. The Bertz CT molecular complexity index is 1180. The number of anilines is 1. The Kier molecular flexibility index (Phi) is 5.62. The normalized spacial score (nSPS) is 20.3. The summed E-state index contributed by atoms with van der Waals surface area (Å²) in [6.07, 6.45) is 6.41. The minimum absolute atomic E-state index is 0.0387. The smallest absolute Gasteiger partial charge is 0.219 e. The van der Waals surface area contributed by atoms with Crippen LogP contribution in [-0.2, 0) is 4.79 Å². The monoisotopic (exact) mass is 447 g/mol. The molecule has 8 heteroatoms.